The summed E-state index contributed by atoms with van der Waals surface area (Å²) in [6.07, 6.45) is 8.74. The van der Waals surface area contributed by atoms with E-state index in [4.69, 9.17) is 5.26 Å². The molecular formula is C16H10N4S. The molecule has 0 unspecified atom stereocenters. The molecule has 0 fully saturated rings. The molecule has 4 nitrogen and oxygen atoms in total. The molecule has 3 aromatic heterocycles. The highest BCUT2D eigenvalue weighted by Crippen LogP contribution is 2.22. The Labute approximate surface area is 126 Å². The summed E-state index contributed by atoms with van der Waals surface area (Å²) in [5.41, 5.74) is 3.10. The number of nitriles is 1. The molecule has 3 rings (SSSR count). The predicted octanol–water partition coefficient (Wildman–Crippen LogP) is 3.64. The van der Waals surface area contributed by atoms with Crippen LogP contribution in [0, 0.1) is 11.3 Å². The van der Waals surface area contributed by atoms with Crippen LogP contribution >= 0.6 is 11.3 Å². The van der Waals surface area contributed by atoms with Crippen LogP contribution in [-0.2, 0) is 0 Å². The lowest BCUT2D eigenvalue weighted by Crippen LogP contribution is -1.83. The van der Waals surface area contributed by atoms with E-state index in [1.807, 2.05) is 35.7 Å². The van der Waals surface area contributed by atoms with Gasteiger partial charge in [0.25, 0.3) is 0 Å². The zero-order chi connectivity index (χ0) is 14.5. The van der Waals surface area contributed by atoms with Crippen molar-refractivity contribution in [2.24, 2.45) is 0 Å². The molecule has 0 aliphatic heterocycles. The minimum absolute atomic E-state index is 0.550. The molecule has 21 heavy (non-hydrogen) atoms. The average molecular weight is 290 g/mol. The first-order valence-electron chi connectivity index (χ1n) is 6.26. The Morgan fingerprint density at radius 3 is 2.90 bits per heavy atom. The molecule has 0 aromatic carbocycles. The first-order valence-corrected chi connectivity index (χ1v) is 7.14. The molecule has 0 N–H and O–H groups in total. The zero-order valence-electron chi connectivity index (χ0n) is 11.0. The van der Waals surface area contributed by atoms with Gasteiger partial charge in [-0.05, 0) is 29.8 Å². The maximum Gasteiger partial charge on any atom is 0.142 e. The maximum atomic E-state index is 9.02. The molecule has 3 aromatic rings. The molecule has 0 bridgehead atoms. The molecule has 0 amide bonds. The van der Waals surface area contributed by atoms with Gasteiger partial charge >= 0.3 is 0 Å². The van der Waals surface area contributed by atoms with E-state index >= 15 is 0 Å². The lowest BCUT2D eigenvalue weighted by atomic mass is 10.1. The van der Waals surface area contributed by atoms with Crippen molar-refractivity contribution in [1.29, 1.82) is 5.26 Å². The Morgan fingerprint density at radius 1 is 1.14 bits per heavy atom. The molecule has 0 atom stereocenters. The van der Waals surface area contributed by atoms with E-state index in [2.05, 4.69) is 21.0 Å². The number of rotatable bonds is 3. The highest BCUT2D eigenvalue weighted by Gasteiger charge is 2.03. The van der Waals surface area contributed by atoms with Gasteiger partial charge in [-0.15, -0.1) is 11.3 Å². The van der Waals surface area contributed by atoms with E-state index in [1.165, 1.54) is 0 Å². The molecule has 0 spiro atoms. The fourth-order valence-electron chi connectivity index (χ4n) is 1.79. The summed E-state index contributed by atoms with van der Waals surface area (Å²) in [6, 6.07) is 9.68. The molecule has 0 saturated heterocycles. The van der Waals surface area contributed by atoms with Crippen LogP contribution in [0.1, 0.15) is 16.8 Å². The number of aromatic nitrogens is 3. The molecule has 5 heteroatoms. The van der Waals surface area contributed by atoms with E-state index in [-0.39, 0.29) is 0 Å². The zero-order valence-corrected chi connectivity index (χ0v) is 11.8. The number of hydrogen-bond acceptors (Lipinski definition) is 5. The van der Waals surface area contributed by atoms with Crippen LogP contribution in [0.2, 0.25) is 0 Å². The van der Waals surface area contributed by atoms with Crippen molar-refractivity contribution in [2.75, 3.05) is 0 Å². The summed E-state index contributed by atoms with van der Waals surface area (Å²) in [6.45, 7) is 0. The van der Waals surface area contributed by atoms with Crippen molar-refractivity contribution in [2.45, 2.75) is 0 Å². The molecule has 0 aliphatic rings. The molecule has 100 valence electrons. The van der Waals surface area contributed by atoms with Crippen molar-refractivity contribution in [3.05, 3.63) is 65.1 Å². The van der Waals surface area contributed by atoms with Crippen molar-refractivity contribution in [1.82, 2.24) is 15.0 Å². The topological polar surface area (TPSA) is 62.5 Å². The summed E-state index contributed by atoms with van der Waals surface area (Å²) in [4.78, 5) is 12.7. The van der Waals surface area contributed by atoms with Crippen molar-refractivity contribution >= 4 is 23.5 Å². The van der Waals surface area contributed by atoms with Gasteiger partial charge in [-0.2, -0.15) is 5.26 Å². The van der Waals surface area contributed by atoms with Crippen LogP contribution < -0.4 is 0 Å². The van der Waals surface area contributed by atoms with Gasteiger partial charge in [0.15, 0.2) is 0 Å². The minimum atomic E-state index is 0.550. The fraction of sp³-hybridized carbons (Fsp3) is 0. The van der Waals surface area contributed by atoms with Crippen LogP contribution in [0.4, 0.5) is 0 Å². The van der Waals surface area contributed by atoms with Crippen molar-refractivity contribution < 1.29 is 0 Å². The standard InChI is InChI=1S/C16H10N4S/c17-9-13-10-18-8-6-12(13)4-5-14-11-21-16(20-14)15-3-1-2-7-19-15/h1-8,10-11H. The number of pyridine rings is 2. The van der Waals surface area contributed by atoms with Gasteiger partial charge in [0, 0.05) is 24.0 Å². The normalized spacial score (nSPS) is 10.6. The van der Waals surface area contributed by atoms with Gasteiger partial charge in [-0.1, -0.05) is 12.1 Å². The monoisotopic (exact) mass is 290 g/mol. The first kappa shape index (κ1) is 13.2. The third-order valence-electron chi connectivity index (χ3n) is 2.81. The SMILES string of the molecule is N#Cc1cnccc1C=Cc1csc(-c2ccccn2)n1. The summed E-state index contributed by atoms with van der Waals surface area (Å²) >= 11 is 1.55. The minimum Gasteiger partial charge on any atom is -0.263 e. The van der Waals surface area contributed by atoms with E-state index < -0.39 is 0 Å². The third kappa shape index (κ3) is 3.02. The second kappa shape index (κ2) is 6.07. The van der Waals surface area contributed by atoms with Gasteiger partial charge in [-0.3, -0.25) is 9.97 Å². The van der Waals surface area contributed by atoms with E-state index in [0.29, 0.717) is 5.56 Å². The van der Waals surface area contributed by atoms with Crippen LogP contribution in [0.3, 0.4) is 0 Å². The van der Waals surface area contributed by atoms with Crippen LogP contribution in [0.15, 0.2) is 48.2 Å². The molecule has 3 heterocycles. The Hall–Kier alpha value is -2.84. The predicted molar refractivity (Wildman–Crippen MR) is 83.2 cm³/mol. The molecule has 0 aliphatic carbocycles. The first-order chi connectivity index (χ1) is 10.4. The molecule has 0 saturated carbocycles. The summed E-state index contributed by atoms with van der Waals surface area (Å²) in [7, 11) is 0. The quantitative estimate of drug-likeness (QED) is 0.738. The highest BCUT2D eigenvalue weighted by atomic mass is 32.1. The maximum absolute atomic E-state index is 9.02. The Bertz CT molecular complexity index is 816. The van der Waals surface area contributed by atoms with Crippen LogP contribution in [0.25, 0.3) is 22.9 Å². The largest absolute Gasteiger partial charge is 0.263 e. The average Bonchev–Trinajstić information content (AvgIpc) is 3.03. The van der Waals surface area contributed by atoms with E-state index in [0.717, 1.165) is 22.0 Å². The van der Waals surface area contributed by atoms with Crippen LogP contribution in [0.5, 0.6) is 0 Å². The third-order valence-corrected chi connectivity index (χ3v) is 3.70. The van der Waals surface area contributed by atoms with Gasteiger partial charge in [0.05, 0.1) is 17.0 Å². The Kier molecular flexibility index (Phi) is 3.81. The van der Waals surface area contributed by atoms with Crippen LogP contribution in [-0.4, -0.2) is 15.0 Å². The van der Waals surface area contributed by atoms with Gasteiger partial charge in [0.2, 0.25) is 0 Å². The highest BCUT2D eigenvalue weighted by molar-refractivity contribution is 7.13. The molecule has 0 radical (unpaired) electrons. The lowest BCUT2D eigenvalue weighted by Gasteiger charge is -1.94. The summed E-state index contributed by atoms with van der Waals surface area (Å²) in [5, 5.41) is 11.9. The van der Waals surface area contributed by atoms with E-state index in [9.17, 15) is 0 Å². The fourth-order valence-corrected chi connectivity index (χ4v) is 2.55. The summed E-state index contributed by atoms with van der Waals surface area (Å²) < 4.78 is 0. The Balaban J connectivity index is 1.85. The second-order valence-electron chi connectivity index (χ2n) is 4.20. The molecular weight excluding hydrogens is 280 g/mol. The lowest BCUT2D eigenvalue weighted by molar-refractivity contribution is 1.28. The van der Waals surface area contributed by atoms with Crippen molar-refractivity contribution in [3.8, 4) is 16.8 Å². The Morgan fingerprint density at radius 2 is 2.10 bits per heavy atom. The van der Waals surface area contributed by atoms with Crippen molar-refractivity contribution in [3.63, 3.8) is 0 Å². The summed E-state index contributed by atoms with van der Waals surface area (Å²) in [5.74, 6) is 0. The van der Waals surface area contributed by atoms with Gasteiger partial charge < -0.3 is 0 Å². The number of hydrogen-bond donors (Lipinski definition) is 0. The smallest absolute Gasteiger partial charge is 0.142 e. The van der Waals surface area contributed by atoms with E-state index in [1.54, 1.807) is 36.0 Å². The number of thiazole rings is 1. The van der Waals surface area contributed by atoms with Gasteiger partial charge in [-0.25, -0.2) is 4.98 Å². The number of nitrogens with zero attached hydrogens (tertiary/aromatic N) is 4. The second-order valence-corrected chi connectivity index (χ2v) is 5.06. The van der Waals surface area contributed by atoms with Gasteiger partial charge in [0.1, 0.15) is 11.1 Å².